The molecule has 0 saturated carbocycles. The maximum Gasteiger partial charge on any atom is 0.0463 e. The van der Waals surface area contributed by atoms with Crippen LogP contribution in [0.2, 0.25) is 0 Å². The largest absolute Gasteiger partial charge is 0.381 e. The Kier molecular flexibility index (Phi) is 5.36. The predicted octanol–water partition coefficient (Wildman–Crippen LogP) is 7.92. The standard InChI is InChI=1S/C29H24N2/c1-3-13-26(14-4-1)31(27-15-5-2-6-16-27)28-20-18-25(19-21-28)30-22-24-12-9-11-23-10-7-8-17-29(23)24/h1-21,30H,22H2. The highest BCUT2D eigenvalue weighted by Crippen LogP contribution is 2.34. The molecule has 0 aliphatic carbocycles. The summed E-state index contributed by atoms with van der Waals surface area (Å²) < 4.78 is 0. The number of nitrogens with zero attached hydrogens (tertiary/aromatic N) is 1. The van der Waals surface area contributed by atoms with Gasteiger partial charge in [0.1, 0.15) is 0 Å². The van der Waals surface area contributed by atoms with E-state index < -0.39 is 0 Å². The summed E-state index contributed by atoms with van der Waals surface area (Å²) in [6.45, 7) is 0.793. The van der Waals surface area contributed by atoms with Crippen LogP contribution in [-0.2, 0) is 6.54 Å². The molecule has 5 rings (SSSR count). The lowest BCUT2D eigenvalue weighted by Crippen LogP contribution is -2.09. The second-order valence-corrected chi connectivity index (χ2v) is 7.55. The van der Waals surface area contributed by atoms with E-state index in [2.05, 4.69) is 125 Å². The lowest BCUT2D eigenvalue weighted by Gasteiger charge is -2.25. The van der Waals surface area contributed by atoms with Gasteiger partial charge in [-0.25, -0.2) is 0 Å². The molecule has 2 heteroatoms. The molecule has 0 heterocycles. The van der Waals surface area contributed by atoms with E-state index in [0.717, 1.165) is 29.3 Å². The van der Waals surface area contributed by atoms with Crippen molar-refractivity contribution in [2.24, 2.45) is 0 Å². The average Bonchev–Trinajstić information content (AvgIpc) is 2.85. The summed E-state index contributed by atoms with van der Waals surface area (Å²) in [4.78, 5) is 2.27. The lowest BCUT2D eigenvalue weighted by molar-refractivity contribution is 1.17. The van der Waals surface area contributed by atoms with Crippen LogP contribution in [0.1, 0.15) is 5.56 Å². The van der Waals surface area contributed by atoms with Crippen LogP contribution < -0.4 is 10.2 Å². The van der Waals surface area contributed by atoms with E-state index in [9.17, 15) is 0 Å². The van der Waals surface area contributed by atoms with E-state index in [4.69, 9.17) is 0 Å². The Balaban J connectivity index is 1.39. The molecule has 0 bridgehead atoms. The number of hydrogen-bond donors (Lipinski definition) is 1. The van der Waals surface area contributed by atoms with Gasteiger partial charge in [0.05, 0.1) is 0 Å². The second-order valence-electron chi connectivity index (χ2n) is 7.55. The van der Waals surface area contributed by atoms with E-state index in [1.165, 1.54) is 16.3 Å². The second kappa shape index (κ2) is 8.76. The molecule has 5 aromatic carbocycles. The number of nitrogens with one attached hydrogen (secondary N) is 1. The van der Waals surface area contributed by atoms with Gasteiger partial charge in [0.2, 0.25) is 0 Å². The average molecular weight is 401 g/mol. The SMILES string of the molecule is c1ccc(N(c2ccccc2)c2ccc(NCc3cccc4ccccc34)cc2)cc1. The molecule has 2 nitrogen and oxygen atoms in total. The molecule has 0 aliphatic heterocycles. The molecule has 0 radical (unpaired) electrons. The molecular weight excluding hydrogens is 376 g/mol. The Morgan fingerprint density at radius 2 is 1.03 bits per heavy atom. The van der Waals surface area contributed by atoms with Crippen LogP contribution in [0.3, 0.4) is 0 Å². The molecular formula is C29H24N2. The van der Waals surface area contributed by atoms with Crippen molar-refractivity contribution >= 4 is 33.5 Å². The highest BCUT2D eigenvalue weighted by atomic mass is 15.1. The van der Waals surface area contributed by atoms with Gasteiger partial charge in [-0.15, -0.1) is 0 Å². The molecule has 0 unspecified atom stereocenters. The quantitative estimate of drug-likeness (QED) is 0.311. The van der Waals surface area contributed by atoms with Gasteiger partial charge >= 0.3 is 0 Å². The fourth-order valence-corrected chi connectivity index (χ4v) is 3.97. The monoisotopic (exact) mass is 400 g/mol. The van der Waals surface area contributed by atoms with Crippen molar-refractivity contribution in [2.75, 3.05) is 10.2 Å². The van der Waals surface area contributed by atoms with Crippen molar-refractivity contribution < 1.29 is 0 Å². The molecule has 0 aliphatic rings. The Morgan fingerprint density at radius 1 is 0.484 bits per heavy atom. The molecule has 0 aromatic heterocycles. The minimum atomic E-state index is 0.793. The highest BCUT2D eigenvalue weighted by Gasteiger charge is 2.11. The van der Waals surface area contributed by atoms with E-state index in [1.54, 1.807) is 0 Å². The Labute approximate surface area is 183 Å². The Morgan fingerprint density at radius 3 is 1.71 bits per heavy atom. The molecule has 0 atom stereocenters. The molecule has 5 aromatic rings. The van der Waals surface area contributed by atoms with Crippen LogP contribution in [0.15, 0.2) is 127 Å². The highest BCUT2D eigenvalue weighted by molar-refractivity contribution is 5.86. The van der Waals surface area contributed by atoms with Gasteiger partial charge in [-0.2, -0.15) is 0 Å². The predicted molar refractivity (Wildman–Crippen MR) is 132 cm³/mol. The first kappa shape index (κ1) is 19.0. The van der Waals surface area contributed by atoms with Crippen molar-refractivity contribution in [1.29, 1.82) is 0 Å². The van der Waals surface area contributed by atoms with Crippen LogP contribution in [0.4, 0.5) is 22.7 Å². The summed E-state index contributed by atoms with van der Waals surface area (Å²) in [5.74, 6) is 0. The molecule has 150 valence electrons. The van der Waals surface area contributed by atoms with Crippen molar-refractivity contribution in [3.05, 3.63) is 133 Å². The van der Waals surface area contributed by atoms with Gasteiger partial charge in [0.15, 0.2) is 0 Å². The normalized spacial score (nSPS) is 10.7. The zero-order chi connectivity index (χ0) is 20.9. The zero-order valence-electron chi connectivity index (χ0n) is 17.3. The van der Waals surface area contributed by atoms with Crippen molar-refractivity contribution in [3.8, 4) is 0 Å². The first-order valence-electron chi connectivity index (χ1n) is 10.6. The third-order valence-electron chi connectivity index (χ3n) is 5.52. The minimum absolute atomic E-state index is 0.793. The van der Waals surface area contributed by atoms with Crippen molar-refractivity contribution in [3.63, 3.8) is 0 Å². The lowest BCUT2D eigenvalue weighted by atomic mass is 10.0. The van der Waals surface area contributed by atoms with Gasteiger partial charge < -0.3 is 10.2 Å². The summed E-state index contributed by atoms with van der Waals surface area (Å²) in [6.07, 6.45) is 0. The van der Waals surface area contributed by atoms with Crippen LogP contribution in [0.25, 0.3) is 10.8 Å². The van der Waals surface area contributed by atoms with Crippen LogP contribution >= 0.6 is 0 Å². The molecule has 0 amide bonds. The zero-order valence-corrected chi connectivity index (χ0v) is 17.3. The van der Waals surface area contributed by atoms with Gasteiger partial charge in [0, 0.05) is 29.3 Å². The number of fused-ring (bicyclic) bond motifs is 1. The van der Waals surface area contributed by atoms with Gasteiger partial charge in [0.25, 0.3) is 0 Å². The number of anilines is 4. The van der Waals surface area contributed by atoms with E-state index >= 15 is 0 Å². The maximum atomic E-state index is 3.58. The van der Waals surface area contributed by atoms with Crippen LogP contribution in [0, 0.1) is 0 Å². The summed E-state index contributed by atoms with van der Waals surface area (Å²) in [5.41, 5.74) is 5.83. The van der Waals surface area contributed by atoms with Crippen LogP contribution in [-0.4, -0.2) is 0 Å². The fraction of sp³-hybridized carbons (Fsp3) is 0.0345. The smallest absolute Gasteiger partial charge is 0.0463 e. The summed E-state index contributed by atoms with van der Waals surface area (Å²) in [7, 11) is 0. The van der Waals surface area contributed by atoms with E-state index in [1.807, 2.05) is 12.1 Å². The summed E-state index contributed by atoms with van der Waals surface area (Å²) in [6, 6.07) is 44.6. The van der Waals surface area contributed by atoms with Crippen molar-refractivity contribution in [2.45, 2.75) is 6.54 Å². The topological polar surface area (TPSA) is 15.3 Å². The number of rotatable bonds is 6. The third kappa shape index (κ3) is 4.15. The Hall–Kier alpha value is -4.04. The van der Waals surface area contributed by atoms with E-state index in [0.29, 0.717) is 0 Å². The molecule has 0 saturated heterocycles. The number of benzene rings is 5. The third-order valence-corrected chi connectivity index (χ3v) is 5.52. The van der Waals surface area contributed by atoms with Gasteiger partial charge in [-0.3, -0.25) is 0 Å². The first-order valence-corrected chi connectivity index (χ1v) is 10.6. The molecule has 1 N–H and O–H groups in total. The maximum absolute atomic E-state index is 3.58. The van der Waals surface area contributed by atoms with Crippen LogP contribution in [0.5, 0.6) is 0 Å². The number of hydrogen-bond acceptors (Lipinski definition) is 2. The first-order chi connectivity index (χ1) is 15.4. The molecule has 31 heavy (non-hydrogen) atoms. The summed E-state index contributed by atoms with van der Waals surface area (Å²) >= 11 is 0. The van der Waals surface area contributed by atoms with E-state index in [-0.39, 0.29) is 0 Å². The van der Waals surface area contributed by atoms with Gasteiger partial charge in [-0.1, -0.05) is 78.9 Å². The molecule has 0 fully saturated rings. The summed E-state index contributed by atoms with van der Waals surface area (Å²) in [5, 5.41) is 6.16. The fourth-order valence-electron chi connectivity index (χ4n) is 3.97. The van der Waals surface area contributed by atoms with Crippen molar-refractivity contribution in [1.82, 2.24) is 0 Å². The molecule has 0 spiro atoms. The van der Waals surface area contributed by atoms with Gasteiger partial charge in [-0.05, 0) is 64.9 Å². The Bertz CT molecular complexity index is 1220. The minimum Gasteiger partial charge on any atom is -0.381 e. The number of para-hydroxylation sites is 2.